The van der Waals surface area contributed by atoms with Gasteiger partial charge >= 0.3 is 0 Å². The first kappa shape index (κ1) is 29.2. The zero-order chi connectivity index (χ0) is 27.5. The number of carbonyl (C=O) groups excluding carboxylic acids is 1. The first-order chi connectivity index (χ1) is 18.5. The molecular weight excluding hydrogens is 470 g/mol. The molecule has 204 valence electrons. The molecule has 1 aliphatic heterocycles. The van der Waals surface area contributed by atoms with Gasteiger partial charge in [0.1, 0.15) is 11.6 Å². The van der Waals surface area contributed by atoms with Crippen molar-refractivity contribution in [2.75, 3.05) is 26.7 Å². The van der Waals surface area contributed by atoms with Crippen LogP contribution in [0.15, 0.2) is 88.8 Å². The third-order valence-electron chi connectivity index (χ3n) is 7.40. The van der Waals surface area contributed by atoms with Crippen molar-refractivity contribution in [2.24, 2.45) is 4.99 Å². The number of hydrogen-bond donors (Lipinski definition) is 0. The fraction of sp³-hybridized carbons (Fsp3) is 0.455. The van der Waals surface area contributed by atoms with Crippen molar-refractivity contribution in [1.29, 1.82) is 0 Å². The molecule has 1 heterocycles. The van der Waals surface area contributed by atoms with E-state index in [1.807, 2.05) is 36.1 Å². The maximum Gasteiger partial charge on any atom is 0.254 e. The summed E-state index contributed by atoms with van der Waals surface area (Å²) in [5.41, 5.74) is 5.81. The predicted molar refractivity (Wildman–Crippen MR) is 159 cm³/mol. The van der Waals surface area contributed by atoms with E-state index in [0.29, 0.717) is 30.8 Å². The Morgan fingerprint density at radius 3 is 2.39 bits per heavy atom. The van der Waals surface area contributed by atoms with Crippen LogP contribution in [0.1, 0.15) is 70.4 Å². The monoisotopic (exact) mass is 515 g/mol. The van der Waals surface area contributed by atoms with Gasteiger partial charge in [-0.25, -0.2) is 4.99 Å². The molecule has 0 saturated heterocycles. The van der Waals surface area contributed by atoms with Gasteiger partial charge in [-0.2, -0.15) is 0 Å². The molecule has 0 radical (unpaired) electrons. The van der Waals surface area contributed by atoms with Gasteiger partial charge in [-0.15, -0.1) is 0 Å². The number of ether oxygens (including phenoxy) is 1. The van der Waals surface area contributed by atoms with E-state index in [1.165, 1.54) is 11.1 Å². The van der Waals surface area contributed by atoms with Crippen LogP contribution in [0.25, 0.3) is 0 Å². The number of allylic oxidation sites excluding steroid dienone is 3. The van der Waals surface area contributed by atoms with Crippen molar-refractivity contribution in [3.8, 4) is 0 Å². The van der Waals surface area contributed by atoms with Crippen molar-refractivity contribution in [2.45, 2.75) is 72.3 Å². The van der Waals surface area contributed by atoms with Crippen molar-refractivity contribution in [3.05, 3.63) is 95.0 Å². The van der Waals surface area contributed by atoms with Gasteiger partial charge in [-0.1, -0.05) is 64.1 Å². The summed E-state index contributed by atoms with van der Waals surface area (Å²) >= 11 is 0. The molecule has 0 spiro atoms. The van der Waals surface area contributed by atoms with Crippen LogP contribution in [0.4, 0.5) is 0 Å². The SMILES string of the molecule is C=CC(=NC(=C)C1=C(C(=O)N2CCc3ccccc3C2)C=C(C(=CC)OC)CC1)N(CCCC)CCCC. The number of amides is 1. The molecule has 0 N–H and O–H groups in total. The third kappa shape index (κ3) is 7.15. The normalized spacial score (nSPS) is 16.1. The Balaban J connectivity index is 2.00. The summed E-state index contributed by atoms with van der Waals surface area (Å²) in [7, 11) is 1.68. The van der Waals surface area contributed by atoms with Crippen LogP contribution in [0.3, 0.4) is 0 Å². The van der Waals surface area contributed by atoms with E-state index in [1.54, 1.807) is 7.11 Å². The van der Waals surface area contributed by atoms with Crippen molar-refractivity contribution in [1.82, 2.24) is 9.80 Å². The molecule has 0 aromatic heterocycles. The lowest BCUT2D eigenvalue weighted by molar-refractivity contribution is -0.127. The van der Waals surface area contributed by atoms with E-state index in [2.05, 4.69) is 50.1 Å². The van der Waals surface area contributed by atoms with E-state index >= 15 is 0 Å². The Hall–Kier alpha value is -3.34. The smallest absolute Gasteiger partial charge is 0.254 e. The quantitative estimate of drug-likeness (QED) is 0.169. The van der Waals surface area contributed by atoms with E-state index < -0.39 is 0 Å². The Morgan fingerprint density at radius 1 is 1.11 bits per heavy atom. The molecule has 0 unspecified atom stereocenters. The molecular formula is C33H45N3O2. The minimum atomic E-state index is 0.0311. The van der Waals surface area contributed by atoms with Crippen molar-refractivity contribution < 1.29 is 9.53 Å². The third-order valence-corrected chi connectivity index (χ3v) is 7.40. The second-order valence-electron chi connectivity index (χ2n) is 9.98. The second kappa shape index (κ2) is 14.6. The van der Waals surface area contributed by atoms with Gasteiger partial charge in [0.05, 0.1) is 12.8 Å². The lowest BCUT2D eigenvalue weighted by Crippen LogP contribution is -2.37. The lowest BCUT2D eigenvalue weighted by atomic mass is 9.88. The Morgan fingerprint density at radius 2 is 1.79 bits per heavy atom. The summed E-state index contributed by atoms with van der Waals surface area (Å²) in [5, 5.41) is 0. The highest BCUT2D eigenvalue weighted by atomic mass is 16.5. The maximum absolute atomic E-state index is 14.0. The lowest BCUT2D eigenvalue weighted by Gasteiger charge is -2.31. The Kier molecular flexibility index (Phi) is 11.2. The standard InChI is InChI=1S/C33H45N3O2/c1-7-11-20-35(21-12-8-2)32(10-4)34-25(5)29-18-17-27(31(9-3)38-6)23-30(29)33(37)36-22-19-26-15-13-14-16-28(26)24-36/h9-10,13-16,23H,4-5,7-8,11-12,17-22,24H2,1-3,6H3. The van der Waals surface area contributed by atoms with Crippen LogP contribution in [0.2, 0.25) is 0 Å². The number of nitrogens with zero attached hydrogens (tertiary/aromatic N) is 3. The average molecular weight is 516 g/mol. The second-order valence-corrected chi connectivity index (χ2v) is 9.98. The molecule has 1 aromatic rings. The van der Waals surface area contributed by atoms with Crippen LogP contribution in [-0.4, -0.2) is 48.3 Å². The van der Waals surface area contributed by atoms with Gasteiger partial charge in [0.15, 0.2) is 0 Å². The molecule has 0 bridgehead atoms. The van der Waals surface area contributed by atoms with E-state index in [4.69, 9.17) is 9.73 Å². The fourth-order valence-electron chi connectivity index (χ4n) is 5.18. The number of rotatable bonds is 12. The van der Waals surface area contributed by atoms with Crippen molar-refractivity contribution in [3.63, 3.8) is 0 Å². The molecule has 1 aliphatic carbocycles. The molecule has 0 saturated carbocycles. The van der Waals surface area contributed by atoms with Crippen LogP contribution < -0.4 is 0 Å². The molecule has 1 aromatic carbocycles. The number of aliphatic imine (C=N–C) groups is 1. The van der Waals surface area contributed by atoms with E-state index in [9.17, 15) is 4.79 Å². The summed E-state index contributed by atoms with van der Waals surface area (Å²) in [5.74, 6) is 1.68. The number of fused-ring (bicyclic) bond motifs is 1. The summed E-state index contributed by atoms with van der Waals surface area (Å²) < 4.78 is 5.62. The largest absolute Gasteiger partial charge is 0.497 e. The molecule has 38 heavy (non-hydrogen) atoms. The summed E-state index contributed by atoms with van der Waals surface area (Å²) in [6.07, 6.45) is 12.6. The summed E-state index contributed by atoms with van der Waals surface area (Å²) in [4.78, 5) is 23.3. The van der Waals surface area contributed by atoms with Gasteiger partial charge < -0.3 is 14.5 Å². The highest BCUT2D eigenvalue weighted by Crippen LogP contribution is 2.34. The number of hydrogen-bond acceptors (Lipinski definition) is 3. The predicted octanol–water partition coefficient (Wildman–Crippen LogP) is 7.14. The Labute approximate surface area is 230 Å². The summed E-state index contributed by atoms with van der Waals surface area (Å²) in [6, 6.07) is 8.40. The molecule has 2 aliphatic rings. The van der Waals surface area contributed by atoms with E-state index in [-0.39, 0.29) is 5.91 Å². The molecule has 5 nitrogen and oxygen atoms in total. The minimum Gasteiger partial charge on any atom is -0.497 e. The van der Waals surface area contributed by atoms with Gasteiger partial charge in [0.2, 0.25) is 0 Å². The molecule has 1 amide bonds. The molecule has 0 fully saturated rings. The number of methoxy groups -OCH3 is 1. The maximum atomic E-state index is 14.0. The number of unbranched alkanes of at least 4 members (excludes halogenated alkanes) is 2. The van der Waals surface area contributed by atoms with Gasteiger partial charge in [0.25, 0.3) is 5.91 Å². The minimum absolute atomic E-state index is 0.0311. The molecule has 5 heteroatoms. The topological polar surface area (TPSA) is 45.1 Å². The van der Waals surface area contributed by atoms with Gasteiger partial charge in [-0.3, -0.25) is 4.79 Å². The Bertz CT molecular complexity index is 1130. The van der Waals surface area contributed by atoms with Gasteiger partial charge in [-0.05, 0) is 79.5 Å². The zero-order valence-corrected chi connectivity index (χ0v) is 23.9. The highest BCUT2D eigenvalue weighted by molar-refractivity contribution is 5.99. The van der Waals surface area contributed by atoms with Crippen LogP contribution >= 0.6 is 0 Å². The van der Waals surface area contributed by atoms with Crippen molar-refractivity contribution >= 4 is 11.7 Å². The fourth-order valence-corrected chi connectivity index (χ4v) is 5.18. The van der Waals surface area contributed by atoms with Gasteiger partial charge in [0, 0.05) is 31.8 Å². The first-order valence-electron chi connectivity index (χ1n) is 14.1. The van der Waals surface area contributed by atoms with Crippen LogP contribution in [-0.2, 0) is 22.5 Å². The highest BCUT2D eigenvalue weighted by Gasteiger charge is 2.28. The number of benzene rings is 1. The first-order valence-corrected chi connectivity index (χ1v) is 14.1. The average Bonchev–Trinajstić information content (AvgIpc) is 2.96. The number of amidine groups is 1. The van der Waals surface area contributed by atoms with Crippen LogP contribution in [0.5, 0.6) is 0 Å². The zero-order valence-electron chi connectivity index (χ0n) is 23.9. The molecule has 3 rings (SSSR count). The summed E-state index contributed by atoms with van der Waals surface area (Å²) in [6.45, 7) is 18.0. The molecule has 0 atom stereocenters. The van der Waals surface area contributed by atoms with Crippen LogP contribution in [0, 0.1) is 0 Å². The number of carbonyl (C=O) groups is 1. The van der Waals surface area contributed by atoms with E-state index in [0.717, 1.165) is 74.4 Å².